The third-order valence-electron chi connectivity index (χ3n) is 12.7. The van der Waals surface area contributed by atoms with Crippen molar-refractivity contribution in [1.29, 1.82) is 0 Å². The highest BCUT2D eigenvalue weighted by Crippen LogP contribution is 2.57. The first-order valence-corrected chi connectivity index (χ1v) is 18.9. The van der Waals surface area contributed by atoms with Crippen molar-refractivity contribution in [1.82, 2.24) is 0 Å². The van der Waals surface area contributed by atoms with Crippen molar-refractivity contribution < 1.29 is 0 Å². The molecule has 0 aromatic heterocycles. The van der Waals surface area contributed by atoms with Crippen LogP contribution in [0.15, 0.2) is 109 Å². The van der Waals surface area contributed by atoms with Crippen LogP contribution < -0.4 is 0 Å². The fraction of sp³-hybridized carbons (Fsp3) is 0.154. The van der Waals surface area contributed by atoms with E-state index in [4.69, 9.17) is 0 Å². The van der Waals surface area contributed by atoms with Gasteiger partial charge in [0.05, 0.1) is 0 Å². The lowest BCUT2D eigenvalue weighted by Crippen LogP contribution is -2.07. The summed E-state index contributed by atoms with van der Waals surface area (Å²) < 4.78 is 0. The molecular formula is C52H40. The van der Waals surface area contributed by atoms with Gasteiger partial charge in [-0.1, -0.05) is 96.1 Å². The molecule has 11 rings (SSSR count). The van der Waals surface area contributed by atoms with E-state index in [1.54, 1.807) is 0 Å². The lowest BCUT2D eigenvalue weighted by atomic mass is 9.77. The van der Waals surface area contributed by atoms with Crippen LogP contribution in [0.25, 0.3) is 99.4 Å². The van der Waals surface area contributed by atoms with Crippen molar-refractivity contribution in [3.8, 4) is 77.9 Å². The van der Waals surface area contributed by atoms with Crippen LogP contribution in [0.4, 0.5) is 0 Å². The molecule has 0 saturated carbocycles. The smallest absolute Gasteiger partial charge is 0.00205 e. The van der Waals surface area contributed by atoms with E-state index in [1.165, 1.54) is 144 Å². The Morgan fingerprint density at radius 3 is 1.12 bits per heavy atom. The Hall–Kier alpha value is -5.72. The quantitative estimate of drug-likeness (QED) is 0.173. The zero-order chi connectivity index (χ0) is 35.2. The average Bonchev–Trinajstić information content (AvgIpc) is 3.64. The van der Waals surface area contributed by atoms with Crippen LogP contribution in [0.1, 0.15) is 44.5 Å². The van der Waals surface area contributed by atoms with Crippen molar-refractivity contribution in [3.05, 3.63) is 154 Å². The highest BCUT2D eigenvalue weighted by Gasteiger charge is 2.32. The van der Waals surface area contributed by atoms with Gasteiger partial charge in [0.15, 0.2) is 0 Å². The number of hydrogen-bond acceptors (Lipinski definition) is 0. The van der Waals surface area contributed by atoms with E-state index in [9.17, 15) is 0 Å². The molecule has 0 nitrogen and oxygen atoms in total. The van der Waals surface area contributed by atoms with Crippen LogP contribution in [-0.2, 0) is 12.8 Å². The van der Waals surface area contributed by atoms with Crippen LogP contribution in [-0.4, -0.2) is 0 Å². The molecule has 0 heteroatoms. The molecule has 0 N–H and O–H groups in total. The van der Waals surface area contributed by atoms with Gasteiger partial charge in [0.25, 0.3) is 0 Å². The van der Waals surface area contributed by atoms with Gasteiger partial charge in [-0.2, -0.15) is 0 Å². The van der Waals surface area contributed by atoms with E-state index in [0.29, 0.717) is 0 Å². The minimum absolute atomic E-state index is 1.06. The summed E-state index contributed by atoms with van der Waals surface area (Å²) in [5.74, 6) is 0. The topological polar surface area (TPSA) is 0 Å². The van der Waals surface area contributed by atoms with E-state index in [2.05, 4.69) is 151 Å². The molecule has 0 fully saturated rings. The van der Waals surface area contributed by atoms with Crippen LogP contribution in [0.2, 0.25) is 0 Å². The van der Waals surface area contributed by atoms with E-state index in [1.807, 2.05) is 0 Å². The van der Waals surface area contributed by atoms with Gasteiger partial charge in [-0.25, -0.2) is 0 Å². The number of fused-ring (bicyclic) bond motifs is 11. The molecule has 248 valence electrons. The van der Waals surface area contributed by atoms with Gasteiger partial charge < -0.3 is 0 Å². The standard InChI is InChI=1S/C52H40/c1-27-7-9-29(3)41(21-27)33-13-17-35-37-15-11-31(5)49-39-19-20-40-46(45(39)25-47(51(37)49)43(35)23-33)26-48-44-24-34(42-22-28(2)8-10-30(42)4)14-18-36(44)38-16-12-32(6)50(40)52(38)48/h7-18,21-26H,19-20H2,1-6H3. The number of aryl methyl sites for hydroxylation is 8. The summed E-state index contributed by atoms with van der Waals surface area (Å²) in [6, 6.07) is 42.7. The summed E-state index contributed by atoms with van der Waals surface area (Å²) in [5.41, 5.74) is 30.2. The Morgan fingerprint density at radius 1 is 0.269 bits per heavy atom. The second kappa shape index (κ2) is 10.4. The largest absolute Gasteiger partial charge is 0.0590 e. The number of hydrogen-bond donors (Lipinski definition) is 0. The van der Waals surface area contributed by atoms with Gasteiger partial charge in [-0.3, -0.25) is 0 Å². The molecule has 8 aromatic carbocycles. The van der Waals surface area contributed by atoms with Crippen LogP contribution >= 0.6 is 0 Å². The van der Waals surface area contributed by atoms with Crippen molar-refractivity contribution >= 4 is 21.5 Å². The van der Waals surface area contributed by atoms with Crippen LogP contribution in [0, 0.1) is 41.5 Å². The van der Waals surface area contributed by atoms with Crippen molar-refractivity contribution in [2.45, 2.75) is 54.4 Å². The average molecular weight is 665 g/mol. The van der Waals surface area contributed by atoms with Crippen molar-refractivity contribution in [2.24, 2.45) is 0 Å². The SMILES string of the molecule is Cc1ccc(C)c(-c2ccc3c(c2)-c2cc4c(c5c(C)ccc-3c25)CCc2c-4cc3c4c(ccc(C)c24)-c2ccc(-c4cc(C)ccc4C)cc2-3)c1. The molecule has 0 heterocycles. The van der Waals surface area contributed by atoms with Gasteiger partial charge in [0.2, 0.25) is 0 Å². The second-order valence-corrected chi connectivity index (χ2v) is 15.9. The molecule has 3 aliphatic carbocycles. The Balaban J connectivity index is 1.18. The van der Waals surface area contributed by atoms with Crippen molar-refractivity contribution in [2.75, 3.05) is 0 Å². The Bertz CT molecular complexity index is 2750. The maximum Gasteiger partial charge on any atom is -0.00205 e. The molecule has 8 aromatic rings. The van der Waals surface area contributed by atoms with Crippen molar-refractivity contribution in [3.63, 3.8) is 0 Å². The Kier molecular flexibility index (Phi) is 6.01. The molecule has 0 bridgehead atoms. The van der Waals surface area contributed by atoms with Gasteiger partial charge >= 0.3 is 0 Å². The molecule has 0 amide bonds. The predicted molar refractivity (Wildman–Crippen MR) is 222 cm³/mol. The van der Waals surface area contributed by atoms with Gasteiger partial charge in [0, 0.05) is 0 Å². The Labute approximate surface area is 306 Å². The molecule has 0 radical (unpaired) electrons. The summed E-state index contributed by atoms with van der Waals surface area (Å²) in [4.78, 5) is 0. The maximum atomic E-state index is 2.58. The summed E-state index contributed by atoms with van der Waals surface area (Å²) in [5, 5.41) is 5.84. The van der Waals surface area contributed by atoms with E-state index in [-0.39, 0.29) is 0 Å². The predicted octanol–water partition coefficient (Wildman–Crippen LogP) is 14.2. The van der Waals surface area contributed by atoms with Gasteiger partial charge in [-0.05, 0) is 211 Å². The zero-order valence-electron chi connectivity index (χ0n) is 30.8. The molecule has 0 aliphatic heterocycles. The first-order valence-electron chi connectivity index (χ1n) is 18.9. The number of benzene rings is 8. The van der Waals surface area contributed by atoms with E-state index >= 15 is 0 Å². The summed E-state index contributed by atoms with van der Waals surface area (Å²) in [6.07, 6.45) is 2.13. The molecular weight excluding hydrogens is 625 g/mol. The summed E-state index contributed by atoms with van der Waals surface area (Å²) in [6.45, 7) is 13.5. The van der Waals surface area contributed by atoms with Crippen LogP contribution in [0.5, 0.6) is 0 Å². The molecule has 0 unspecified atom stereocenters. The lowest BCUT2D eigenvalue weighted by molar-refractivity contribution is 0.959. The minimum Gasteiger partial charge on any atom is -0.0590 e. The molecule has 0 atom stereocenters. The highest BCUT2D eigenvalue weighted by molar-refractivity contribution is 6.22. The monoisotopic (exact) mass is 664 g/mol. The molecule has 3 aliphatic rings. The van der Waals surface area contributed by atoms with Gasteiger partial charge in [-0.15, -0.1) is 0 Å². The molecule has 0 saturated heterocycles. The van der Waals surface area contributed by atoms with Gasteiger partial charge in [0.1, 0.15) is 0 Å². The first-order chi connectivity index (χ1) is 25.2. The molecule has 52 heavy (non-hydrogen) atoms. The maximum absolute atomic E-state index is 2.58. The zero-order valence-corrected chi connectivity index (χ0v) is 30.8. The first kappa shape index (κ1) is 30.0. The Morgan fingerprint density at radius 2 is 0.673 bits per heavy atom. The normalized spacial score (nSPS) is 13.0. The summed E-state index contributed by atoms with van der Waals surface area (Å²) >= 11 is 0. The number of rotatable bonds is 2. The van der Waals surface area contributed by atoms with Crippen LogP contribution in [0.3, 0.4) is 0 Å². The minimum atomic E-state index is 1.06. The van der Waals surface area contributed by atoms with E-state index < -0.39 is 0 Å². The second-order valence-electron chi connectivity index (χ2n) is 15.9. The lowest BCUT2D eigenvalue weighted by Gasteiger charge is -2.26. The third kappa shape index (κ3) is 3.93. The molecule has 0 spiro atoms. The fourth-order valence-corrected chi connectivity index (χ4v) is 10.2. The fourth-order valence-electron chi connectivity index (χ4n) is 10.2. The van der Waals surface area contributed by atoms with E-state index in [0.717, 1.165) is 12.8 Å². The third-order valence-corrected chi connectivity index (χ3v) is 12.7. The summed E-state index contributed by atoms with van der Waals surface area (Å²) in [7, 11) is 0. The highest BCUT2D eigenvalue weighted by atomic mass is 14.4.